The van der Waals surface area contributed by atoms with Gasteiger partial charge in [-0.2, -0.15) is 4.31 Å². The average molecular weight is 310 g/mol. The lowest BCUT2D eigenvalue weighted by Gasteiger charge is -2.29. The van der Waals surface area contributed by atoms with Crippen molar-refractivity contribution in [3.8, 4) is 0 Å². The van der Waals surface area contributed by atoms with E-state index >= 15 is 0 Å². The van der Waals surface area contributed by atoms with Gasteiger partial charge >= 0.3 is 0 Å². The summed E-state index contributed by atoms with van der Waals surface area (Å²) in [6.45, 7) is 7.84. The van der Waals surface area contributed by atoms with Crippen LogP contribution in [0, 0.1) is 13.8 Å². The Labute approximate surface area is 128 Å². The fourth-order valence-electron chi connectivity index (χ4n) is 2.95. The van der Waals surface area contributed by atoms with Crippen molar-refractivity contribution in [2.45, 2.75) is 51.0 Å². The number of likely N-dealkylation sites (N-methyl/N-ethyl adjacent to an activating group) is 1. The van der Waals surface area contributed by atoms with E-state index in [4.69, 9.17) is 0 Å². The van der Waals surface area contributed by atoms with Crippen LogP contribution >= 0.6 is 0 Å². The first-order chi connectivity index (χ1) is 9.93. The number of hydrogen-bond acceptors (Lipinski definition) is 3. The molecule has 118 valence electrons. The molecule has 0 aromatic heterocycles. The summed E-state index contributed by atoms with van der Waals surface area (Å²) in [5.74, 6) is 0. The largest absolute Gasteiger partial charge is 0.313 e. The van der Waals surface area contributed by atoms with Gasteiger partial charge in [0.15, 0.2) is 0 Å². The molecule has 0 spiro atoms. The minimum absolute atomic E-state index is 0.277. The zero-order chi connectivity index (χ0) is 15.5. The van der Waals surface area contributed by atoms with Crippen molar-refractivity contribution < 1.29 is 8.42 Å². The molecule has 1 heterocycles. The van der Waals surface area contributed by atoms with E-state index in [0.717, 1.165) is 24.1 Å². The summed E-state index contributed by atoms with van der Waals surface area (Å²) in [6.07, 6.45) is 3.42. The van der Waals surface area contributed by atoms with Crippen molar-refractivity contribution in [1.82, 2.24) is 9.62 Å². The van der Waals surface area contributed by atoms with E-state index in [2.05, 4.69) is 5.32 Å². The topological polar surface area (TPSA) is 49.4 Å². The number of hydrogen-bond donors (Lipinski definition) is 1. The van der Waals surface area contributed by atoms with Crippen molar-refractivity contribution in [2.75, 3.05) is 19.6 Å². The lowest BCUT2D eigenvalue weighted by atomic mass is 10.1. The van der Waals surface area contributed by atoms with Crippen molar-refractivity contribution in [2.24, 2.45) is 0 Å². The van der Waals surface area contributed by atoms with Crippen molar-refractivity contribution in [1.29, 1.82) is 0 Å². The predicted octanol–water partition coefficient (Wildman–Crippen LogP) is 2.46. The maximum Gasteiger partial charge on any atom is 0.243 e. The van der Waals surface area contributed by atoms with Crippen molar-refractivity contribution >= 4 is 10.0 Å². The first-order valence-electron chi connectivity index (χ1n) is 7.75. The highest BCUT2D eigenvalue weighted by Crippen LogP contribution is 2.20. The summed E-state index contributed by atoms with van der Waals surface area (Å²) in [7, 11) is -3.40. The standard InChI is InChI=1S/C16H26N2O2S/c1-4-18(12-15-7-5-6-8-17-15)21(19,20)16-10-13(2)9-14(3)11-16/h9-11,15,17H,4-8,12H2,1-3H3. The van der Waals surface area contributed by atoms with E-state index < -0.39 is 10.0 Å². The van der Waals surface area contributed by atoms with Crippen molar-refractivity contribution in [3.63, 3.8) is 0 Å². The molecule has 0 bridgehead atoms. The van der Waals surface area contributed by atoms with Gasteiger partial charge in [-0.15, -0.1) is 0 Å². The van der Waals surface area contributed by atoms with Gasteiger partial charge in [-0.05, 0) is 56.5 Å². The van der Waals surface area contributed by atoms with Crippen LogP contribution in [0.15, 0.2) is 23.1 Å². The van der Waals surface area contributed by atoms with Gasteiger partial charge in [0.2, 0.25) is 10.0 Å². The first-order valence-corrected chi connectivity index (χ1v) is 9.19. The van der Waals surface area contributed by atoms with E-state index in [0.29, 0.717) is 18.0 Å². The van der Waals surface area contributed by atoms with Crippen LogP contribution in [0.3, 0.4) is 0 Å². The lowest BCUT2D eigenvalue weighted by Crippen LogP contribution is -2.45. The highest BCUT2D eigenvalue weighted by Gasteiger charge is 2.26. The molecule has 1 aromatic carbocycles. The second kappa shape index (κ2) is 6.90. The maximum absolute atomic E-state index is 12.8. The van der Waals surface area contributed by atoms with Gasteiger partial charge in [0.25, 0.3) is 0 Å². The van der Waals surface area contributed by atoms with Gasteiger partial charge in [0.05, 0.1) is 4.90 Å². The van der Waals surface area contributed by atoms with Gasteiger partial charge in [-0.25, -0.2) is 8.42 Å². The predicted molar refractivity (Wildman–Crippen MR) is 86.0 cm³/mol. The monoisotopic (exact) mass is 310 g/mol. The van der Waals surface area contributed by atoms with Gasteiger partial charge < -0.3 is 5.32 Å². The molecule has 1 saturated heterocycles. The third kappa shape index (κ3) is 4.05. The highest BCUT2D eigenvalue weighted by molar-refractivity contribution is 7.89. The molecule has 2 rings (SSSR count). The fourth-order valence-corrected chi connectivity index (χ4v) is 4.64. The maximum atomic E-state index is 12.8. The van der Waals surface area contributed by atoms with E-state index in [9.17, 15) is 8.42 Å². The van der Waals surface area contributed by atoms with Gasteiger partial charge in [-0.1, -0.05) is 19.4 Å². The summed E-state index contributed by atoms with van der Waals surface area (Å²) in [4.78, 5) is 0.414. The van der Waals surface area contributed by atoms with Crippen LogP contribution < -0.4 is 5.32 Å². The number of nitrogens with one attached hydrogen (secondary N) is 1. The Morgan fingerprint density at radius 1 is 1.19 bits per heavy atom. The summed E-state index contributed by atoms with van der Waals surface area (Å²) in [5, 5.41) is 3.42. The molecular formula is C16H26N2O2S. The van der Waals surface area contributed by atoms with Crippen LogP contribution in [0.1, 0.15) is 37.3 Å². The Morgan fingerprint density at radius 2 is 1.86 bits per heavy atom. The number of piperidine rings is 1. The lowest BCUT2D eigenvalue weighted by molar-refractivity contribution is 0.319. The molecule has 1 N–H and O–H groups in total. The molecule has 1 aliphatic rings. The molecule has 1 aliphatic heterocycles. The molecule has 0 saturated carbocycles. The molecule has 1 fully saturated rings. The zero-order valence-electron chi connectivity index (χ0n) is 13.2. The Kier molecular flexibility index (Phi) is 5.41. The molecular weight excluding hydrogens is 284 g/mol. The van der Waals surface area contributed by atoms with Crippen LogP contribution in [0.5, 0.6) is 0 Å². The minimum Gasteiger partial charge on any atom is -0.313 e. The quantitative estimate of drug-likeness (QED) is 0.909. The van der Waals surface area contributed by atoms with Gasteiger partial charge in [-0.3, -0.25) is 0 Å². The van der Waals surface area contributed by atoms with E-state index in [1.54, 1.807) is 16.4 Å². The molecule has 4 nitrogen and oxygen atoms in total. The molecule has 0 radical (unpaired) electrons. The first kappa shape index (κ1) is 16.5. The van der Waals surface area contributed by atoms with Crippen LogP contribution in [0.4, 0.5) is 0 Å². The van der Waals surface area contributed by atoms with Gasteiger partial charge in [0.1, 0.15) is 0 Å². The number of rotatable bonds is 5. The van der Waals surface area contributed by atoms with E-state index in [1.165, 1.54) is 12.8 Å². The van der Waals surface area contributed by atoms with E-state index in [1.807, 2.05) is 26.8 Å². The van der Waals surface area contributed by atoms with E-state index in [-0.39, 0.29) is 6.04 Å². The smallest absolute Gasteiger partial charge is 0.243 e. The van der Waals surface area contributed by atoms with Crippen molar-refractivity contribution in [3.05, 3.63) is 29.3 Å². The Balaban J connectivity index is 2.22. The molecule has 5 heteroatoms. The molecule has 1 atom stereocenters. The summed E-state index contributed by atoms with van der Waals surface area (Å²) in [6, 6.07) is 5.80. The normalized spacial score (nSPS) is 19.9. The van der Waals surface area contributed by atoms with Crippen LogP contribution in [0.25, 0.3) is 0 Å². The molecule has 21 heavy (non-hydrogen) atoms. The number of aryl methyl sites for hydroxylation is 2. The second-order valence-electron chi connectivity index (χ2n) is 5.93. The van der Waals surface area contributed by atoms with Crippen LogP contribution in [-0.4, -0.2) is 38.4 Å². The second-order valence-corrected chi connectivity index (χ2v) is 7.86. The third-order valence-electron chi connectivity index (χ3n) is 4.02. The Hall–Kier alpha value is -0.910. The molecule has 1 unspecified atom stereocenters. The number of nitrogens with zero attached hydrogens (tertiary/aromatic N) is 1. The Morgan fingerprint density at radius 3 is 2.38 bits per heavy atom. The number of sulfonamides is 1. The summed E-state index contributed by atoms with van der Waals surface area (Å²) < 4.78 is 27.3. The highest BCUT2D eigenvalue weighted by atomic mass is 32.2. The fraction of sp³-hybridized carbons (Fsp3) is 0.625. The number of benzene rings is 1. The molecule has 0 amide bonds. The minimum atomic E-state index is -3.40. The molecule has 0 aliphatic carbocycles. The molecule has 1 aromatic rings. The van der Waals surface area contributed by atoms with Crippen LogP contribution in [0.2, 0.25) is 0 Å². The average Bonchev–Trinajstić information content (AvgIpc) is 2.44. The van der Waals surface area contributed by atoms with Crippen LogP contribution in [-0.2, 0) is 10.0 Å². The Bertz CT molecular complexity index is 558. The SMILES string of the molecule is CCN(CC1CCCCN1)S(=O)(=O)c1cc(C)cc(C)c1. The third-order valence-corrected chi connectivity index (χ3v) is 5.94. The van der Waals surface area contributed by atoms with Gasteiger partial charge in [0, 0.05) is 19.1 Å². The summed E-state index contributed by atoms with van der Waals surface area (Å²) in [5.41, 5.74) is 1.97. The zero-order valence-corrected chi connectivity index (χ0v) is 14.0. The summed E-state index contributed by atoms with van der Waals surface area (Å²) >= 11 is 0.